The summed E-state index contributed by atoms with van der Waals surface area (Å²) in [7, 11) is 0. The number of fused-ring (bicyclic) bond motifs is 1. The highest BCUT2D eigenvalue weighted by atomic mass is 16.1. The first-order valence-corrected chi connectivity index (χ1v) is 11.9. The zero-order valence-electron chi connectivity index (χ0n) is 18.6. The summed E-state index contributed by atoms with van der Waals surface area (Å²) >= 11 is 0. The number of aryl methyl sites for hydroxylation is 1. The van der Waals surface area contributed by atoms with E-state index in [-0.39, 0.29) is 12.1 Å². The third kappa shape index (κ3) is 3.71. The maximum Gasteiger partial charge on any atom is 0.227 e. The summed E-state index contributed by atoms with van der Waals surface area (Å²) in [4.78, 5) is 30.0. The number of nitrogens with one attached hydrogen (secondary N) is 2. The molecule has 6 rings (SSSR count). The SMILES string of the molecule is O=CN1CCCC1C1CCCN1c1nc2c(c(Nc3cc(-c4ccncc4)[nH]n3)n1)CCC2. The number of aromatic amines is 1. The van der Waals surface area contributed by atoms with E-state index in [1.165, 1.54) is 5.56 Å². The van der Waals surface area contributed by atoms with Crippen molar-refractivity contribution >= 4 is 24.0 Å². The van der Waals surface area contributed by atoms with Gasteiger partial charge in [0.25, 0.3) is 0 Å². The minimum Gasteiger partial charge on any atom is -0.340 e. The number of hydrogen-bond donors (Lipinski definition) is 2. The lowest BCUT2D eigenvalue weighted by molar-refractivity contribution is -0.119. The van der Waals surface area contributed by atoms with Gasteiger partial charge in [-0.2, -0.15) is 10.1 Å². The lowest BCUT2D eigenvalue weighted by atomic mass is 10.0. The molecule has 3 aromatic rings. The number of anilines is 3. The summed E-state index contributed by atoms with van der Waals surface area (Å²) in [5, 5.41) is 11.0. The number of rotatable bonds is 6. The molecular weight excluding hydrogens is 416 g/mol. The van der Waals surface area contributed by atoms with Gasteiger partial charge in [0.15, 0.2) is 5.82 Å². The van der Waals surface area contributed by atoms with Gasteiger partial charge < -0.3 is 15.1 Å². The van der Waals surface area contributed by atoms with Crippen LogP contribution in [-0.4, -0.2) is 61.6 Å². The van der Waals surface area contributed by atoms with Gasteiger partial charge >= 0.3 is 0 Å². The Hall–Kier alpha value is -3.49. The van der Waals surface area contributed by atoms with E-state index in [0.29, 0.717) is 0 Å². The van der Waals surface area contributed by atoms with Gasteiger partial charge in [-0.25, -0.2) is 4.98 Å². The van der Waals surface area contributed by atoms with Gasteiger partial charge in [-0.05, 0) is 57.1 Å². The lowest BCUT2D eigenvalue weighted by Gasteiger charge is -2.33. The molecule has 5 heterocycles. The summed E-state index contributed by atoms with van der Waals surface area (Å²) < 4.78 is 0. The number of nitrogens with zero attached hydrogens (tertiary/aromatic N) is 6. The van der Waals surface area contributed by atoms with E-state index in [2.05, 4.69) is 25.4 Å². The highest BCUT2D eigenvalue weighted by Crippen LogP contribution is 2.35. The van der Waals surface area contributed by atoms with E-state index in [4.69, 9.17) is 9.97 Å². The molecular formula is C24H28N8O. The first-order chi connectivity index (χ1) is 16.3. The van der Waals surface area contributed by atoms with Gasteiger partial charge in [-0.1, -0.05) is 0 Å². The smallest absolute Gasteiger partial charge is 0.227 e. The molecule has 2 aliphatic heterocycles. The minimum absolute atomic E-state index is 0.257. The Kier molecular flexibility index (Phi) is 5.16. The molecule has 0 spiro atoms. The molecule has 0 bridgehead atoms. The normalized spacial score (nSPS) is 22.1. The third-order valence-corrected chi connectivity index (χ3v) is 7.21. The number of H-pyrrole nitrogens is 1. The fourth-order valence-electron chi connectivity index (χ4n) is 5.64. The summed E-state index contributed by atoms with van der Waals surface area (Å²) in [5.74, 6) is 2.37. The maximum atomic E-state index is 11.6. The summed E-state index contributed by atoms with van der Waals surface area (Å²) in [6, 6.07) is 6.45. The van der Waals surface area contributed by atoms with Crippen molar-refractivity contribution in [3.8, 4) is 11.3 Å². The Morgan fingerprint density at radius 1 is 1.03 bits per heavy atom. The zero-order chi connectivity index (χ0) is 22.2. The Morgan fingerprint density at radius 2 is 1.88 bits per heavy atom. The predicted molar refractivity (Wildman–Crippen MR) is 125 cm³/mol. The van der Waals surface area contributed by atoms with Crippen LogP contribution in [0.25, 0.3) is 11.3 Å². The monoisotopic (exact) mass is 444 g/mol. The largest absolute Gasteiger partial charge is 0.340 e. The Labute approximate surface area is 192 Å². The third-order valence-electron chi connectivity index (χ3n) is 7.21. The van der Waals surface area contributed by atoms with Crippen molar-refractivity contribution in [2.75, 3.05) is 23.3 Å². The van der Waals surface area contributed by atoms with Crippen molar-refractivity contribution in [2.24, 2.45) is 0 Å². The van der Waals surface area contributed by atoms with Crippen molar-refractivity contribution in [2.45, 2.75) is 57.0 Å². The zero-order valence-corrected chi connectivity index (χ0v) is 18.6. The van der Waals surface area contributed by atoms with Gasteiger partial charge in [-0.15, -0.1) is 0 Å². The number of amides is 1. The van der Waals surface area contributed by atoms with Crippen LogP contribution in [0, 0.1) is 0 Å². The second-order valence-electron chi connectivity index (χ2n) is 9.13. The fourth-order valence-corrected chi connectivity index (χ4v) is 5.64. The first-order valence-electron chi connectivity index (χ1n) is 11.9. The van der Waals surface area contributed by atoms with E-state index in [9.17, 15) is 4.79 Å². The molecule has 2 fully saturated rings. The number of carbonyl (C=O) groups excluding carboxylic acids is 1. The second-order valence-corrected chi connectivity index (χ2v) is 9.13. The Bertz CT molecular complexity index is 1150. The van der Waals surface area contributed by atoms with Gasteiger partial charge in [0.1, 0.15) is 5.82 Å². The van der Waals surface area contributed by atoms with Crippen LogP contribution < -0.4 is 10.2 Å². The molecule has 3 aromatic heterocycles. The van der Waals surface area contributed by atoms with Crippen molar-refractivity contribution < 1.29 is 4.79 Å². The van der Waals surface area contributed by atoms with Crippen LogP contribution in [0.15, 0.2) is 30.6 Å². The summed E-state index contributed by atoms with van der Waals surface area (Å²) in [6.07, 6.45) is 11.9. The molecule has 1 aliphatic carbocycles. The van der Waals surface area contributed by atoms with E-state index >= 15 is 0 Å². The number of pyridine rings is 1. The molecule has 2 atom stereocenters. The van der Waals surface area contributed by atoms with Crippen molar-refractivity contribution in [3.05, 3.63) is 41.9 Å². The van der Waals surface area contributed by atoms with Crippen molar-refractivity contribution in [1.82, 2.24) is 30.0 Å². The summed E-state index contributed by atoms with van der Waals surface area (Å²) in [6.45, 7) is 1.79. The quantitative estimate of drug-likeness (QED) is 0.563. The van der Waals surface area contributed by atoms with Crippen LogP contribution in [0.5, 0.6) is 0 Å². The van der Waals surface area contributed by atoms with Crippen LogP contribution in [-0.2, 0) is 17.6 Å². The predicted octanol–water partition coefficient (Wildman–Crippen LogP) is 3.08. The number of hydrogen-bond acceptors (Lipinski definition) is 7. The van der Waals surface area contributed by atoms with E-state index in [1.807, 2.05) is 23.1 Å². The Balaban J connectivity index is 1.30. The molecule has 9 heteroatoms. The van der Waals surface area contributed by atoms with Crippen LogP contribution in [0.3, 0.4) is 0 Å². The molecule has 2 saturated heterocycles. The summed E-state index contributed by atoms with van der Waals surface area (Å²) in [5.41, 5.74) is 4.30. The van der Waals surface area contributed by atoms with E-state index < -0.39 is 0 Å². The fraction of sp³-hybridized carbons (Fsp3) is 0.458. The molecule has 9 nitrogen and oxygen atoms in total. The van der Waals surface area contributed by atoms with Gasteiger partial charge in [0, 0.05) is 42.7 Å². The van der Waals surface area contributed by atoms with Crippen molar-refractivity contribution in [3.63, 3.8) is 0 Å². The standard InChI is InChI=1S/C24H28N8O/c33-15-31-12-2-6-20(31)21-7-3-13-32(21)24-26-18-5-1-4-17(18)23(28-24)27-22-14-19(29-30-22)16-8-10-25-11-9-16/h8-11,14-15,20-21H,1-7,12-13H2,(H2,26,27,28,29,30). The highest BCUT2D eigenvalue weighted by Gasteiger charge is 2.39. The van der Waals surface area contributed by atoms with Gasteiger partial charge in [0.05, 0.1) is 23.5 Å². The molecule has 0 aromatic carbocycles. The van der Waals surface area contributed by atoms with E-state index in [1.54, 1.807) is 12.4 Å². The van der Waals surface area contributed by atoms with Crippen LogP contribution in [0.2, 0.25) is 0 Å². The maximum absolute atomic E-state index is 11.6. The molecule has 2 unspecified atom stereocenters. The number of likely N-dealkylation sites (tertiary alicyclic amines) is 1. The molecule has 0 radical (unpaired) electrons. The van der Waals surface area contributed by atoms with Gasteiger partial charge in [0.2, 0.25) is 12.4 Å². The molecule has 33 heavy (non-hydrogen) atoms. The Morgan fingerprint density at radius 3 is 2.76 bits per heavy atom. The average molecular weight is 445 g/mol. The van der Waals surface area contributed by atoms with E-state index in [0.717, 1.165) is 99.0 Å². The molecule has 170 valence electrons. The molecule has 0 saturated carbocycles. The van der Waals surface area contributed by atoms with Crippen LogP contribution in [0.1, 0.15) is 43.4 Å². The number of carbonyl (C=O) groups is 1. The van der Waals surface area contributed by atoms with Crippen LogP contribution in [0.4, 0.5) is 17.6 Å². The van der Waals surface area contributed by atoms with Crippen molar-refractivity contribution in [1.29, 1.82) is 0 Å². The molecule has 1 amide bonds. The second kappa shape index (κ2) is 8.46. The average Bonchev–Trinajstić information content (AvgIpc) is 3.65. The topological polar surface area (TPSA) is 103 Å². The van der Waals surface area contributed by atoms with Crippen LogP contribution >= 0.6 is 0 Å². The first kappa shape index (κ1) is 20.1. The number of aromatic nitrogens is 5. The lowest BCUT2D eigenvalue weighted by Crippen LogP contribution is -2.46. The molecule has 2 N–H and O–H groups in total. The minimum atomic E-state index is 0.257. The van der Waals surface area contributed by atoms with Gasteiger partial charge in [-0.3, -0.25) is 14.9 Å². The molecule has 3 aliphatic rings. The highest BCUT2D eigenvalue weighted by molar-refractivity contribution is 5.67.